The van der Waals surface area contributed by atoms with E-state index in [1.807, 2.05) is 12.2 Å². The minimum Gasteiger partial charge on any atom is -0.374 e. The van der Waals surface area contributed by atoms with Crippen molar-refractivity contribution in [1.29, 1.82) is 0 Å². The molecule has 0 atom stereocenters. The minimum absolute atomic E-state index is 0.525. The molecule has 64 valence electrons. The molecule has 1 saturated carbocycles. The summed E-state index contributed by atoms with van der Waals surface area (Å²) in [6.45, 7) is 1.36. The van der Waals surface area contributed by atoms with Crippen molar-refractivity contribution in [1.82, 2.24) is 0 Å². The molecule has 0 aromatic rings. The van der Waals surface area contributed by atoms with Gasteiger partial charge in [0.25, 0.3) is 0 Å². The van der Waals surface area contributed by atoms with E-state index in [9.17, 15) is 0 Å². The number of hydrogen-bond donors (Lipinski definition) is 1. The Kier molecular flexibility index (Phi) is 4.24. The van der Waals surface area contributed by atoms with E-state index in [-0.39, 0.29) is 0 Å². The van der Waals surface area contributed by atoms with Gasteiger partial charge >= 0.3 is 0 Å². The van der Waals surface area contributed by atoms with Crippen LogP contribution in [-0.4, -0.2) is 19.3 Å². The van der Waals surface area contributed by atoms with Crippen molar-refractivity contribution in [3.05, 3.63) is 12.2 Å². The molecule has 2 N–H and O–H groups in total. The summed E-state index contributed by atoms with van der Waals surface area (Å²) < 4.78 is 5.56. The summed E-state index contributed by atoms with van der Waals surface area (Å²) in [5.74, 6) is 0. The fraction of sp³-hybridized carbons (Fsp3) is 0.778. The summed E-state index contributed by atoms with van der Waals surface area (Å²) in [5, 5.41) is 0. The summed E-state index contributed by atoms with van der Waals surface area (Å²) >= 11 is 0. The van der Waals surface area contributed by atoms with Gasteiger partial charge in [-0.25, -0.2) is 0 Å². The van der Waals surface area contributed by atoms with Gasteiger partial charge in [0, 0.05) is 6.54 Å². The van der Waals surface area contributed by atoms with Gasteiger partial charge in [-0.15, -0.1) is 0 Å². The third kappa shape index (κ3) is 3.54. The standard InChI is InChI=1S/C9H17NO/c10-7-3-4-8-11-9-5-1-2-6-9/h3-4,9H,1-2,5-8,10H2/b4-3+. The van der Waals surface area contributed by atoms with Crippen LogP contribution in [-0.2, 0) is 4.74 Å². The Balaban J connectivity index is 1.97. The highest BCUT2D eigenvalue weighted by molar-refractivity contribution is 4.82. The maximum Gasteiger partial charge on any atom is 0.0651 e. The Morgan fingerprint density at radius 2 is 2.00 bits per heavy atom. The molecular formula is C9H17NO. The van der Waals surface area contributed by atoms with E-state index in [0.717, 1.165) is 6.61 Å². The van der Waals surface area contributed by atoms with Crippen LogP contribution >= 0.6 is 0 Å². The second-order valence-corrected chi connectivity index (χ2v) is 2.95. The molecule has 0 aliphatic heterocycles. The van der Waals surface area contributed by atoms with Crippen molar-refractivity contribution in [2.45, 2.75) is 31.8 Å². The molecule has 0 radical (unpaired) electrons. The van der Waals surface area contributed by atoms with Crippen molar-refractivity contribution in [2.24, 2.45) is 5.73 Å². The van der Waals surface area contributed by atoms with Crippen LogP contribution in [0.15, 0.2) is 12.2 Å². The highest BCUT2D eigenvalue weighted by Gasteiger charge is 2.13. The Bertz CT molecular complexity index is 117. The zero-order chi connectivity index (χ0) is 7.94. The number of ether oxygens (including phenoxy) is 1. The summed E-state index contributed by atoms with van der Waals surface area (Å²) in [7, 11) is 0. The van der Waals surface area contributed by atoms with Crippen molar-refractivity contribution < 1.29 is 4.74 Å². The first-order chi connectivity index (χ1) is 5.43. The molecule has 2 nitrogen and oxygen atoms in total. The summed E-state index contributed by atoms with van der Waals surface area (Å²) in [6, 6.07) is 0. The largest absolute Gasteiger partial charge is 0.374 e. The Morgan fingerprint density at radius 1 is 1.27 bits per heavy atom. The number of hydrogen-bond acceptors (Lipinski definition) is 2. The maximum atomic E-state index is 5.56. The van der Waals surface area contributed by atoms with E-state index in [2.05, 4.69) is 0 Å². The SMILES string of the molecule is NC/C=C/COC1CCCC1. The molecule has 1 aliphatic rings. The first-order valence-electron chi connectivity index (χ1n) is 4.40. The van der Waals surface area contributed by atoms with Crippen molar-refractivity contribution in [3.63, 3.8) is 0 Å². The van der Waals surface area contributed by atoms with Gasteiger partial charge in [0.1, 0.15) is 0 Å². The normalized spacial score (nSPS) is 20.1. The molecule has 0 bridgehead atoms. The molecule has 2 heteroatoms. The van der Waals surface area contributed by atoms with Gasteiger partial charge in [0.15, 0.2) is 0 Å². The van der Waals surface area contributed by atoms with Gasteiger partial charge in [-0.3, -0.25) is 0 Å². The average molecular weight is 155 g/mol. The summed E-state index contributed by atoms with van der Waals surface area (Å²) in [6.07, 6.45) is 9.63. The molecule has 1 fully saturated rings. The highest BCUT2D eigenvalue weighted by atomic mass is 16.5. The lowest BCUT2D eigenvalue weighted by molar-refractivity contribution is 0.0799. The number of rotatable bonds is 4. The zero-order valence-electron chi connectivity index (χ0n) is 6.96. The quantitative estimate of drug-likeness (QED) is 0.624. The van der Waals surface area contributed by atoms with Gasteiger partial charge < -0.3 is 10.5 Å². The van der Waals surface area contributed by atoms with Crippen LogP contribution in [0.3, 0.4) is 0 Å². The average Bonchev–Trinajstić information content (AvgIpc) is 2.50. The van der Waals surface area contributed by atoms with Crippen LogP contribution in [0.4, 0.5) is 0 Å². The minimum atomic E-state index is 0.525. The van der Waals surface area contributed by atoms with Gasteiger partial charge in [0.05, 0.1) is 12.7 Å². The molecule has 0 aromatic heterocycles. The molecule has 1 aliphatic carbocycles. The van der Waals surface area contributed by atoms with Gasteiger partial charge in [-0.2, -0.15) is 0 Å². The van der Waals surface area contributed by atoms with E-state index in [0.29, 0.717) is 12.6 Å². The zero-order valence-corrected chi connectivity index (χ0v) is 6.96. The van der Waals surface area contributed by atoms with Gasteiger partial charge in [-0.05, 0) is 12.8 Å². The predicted octanol–water partition coefficient (Wildman–Crippen LogP) is 1.46. The first kappa shape index (κ1) is 8.75. The van der Waals surface area contributed by atoms with Crippen LogP contribution in [0.1, 0.15) is 25.7 Å². The van der Waals surface area contributed by atoms with E-state index in [1.165, 1.54) is 25.7 Å². The Hall–Kier alpha value is -0.340. The predicted molar refractivity (Wildman–Crippen MR) is 46.4 cm³/mol. The second-order valence-electron chi connectivity index (χ2n) is 2.95. The molecule has 0 heterocycles. The third-order valence-electron chi connectivity index (χ3n) is 2.03. The number of nitrogens with two attached hydrogens (primary N) is 1. The monoisotopic (exact) mass is 155 g/mol. The molecule has 0 saturated heterocycles. The maximum absolute atomic E-state index is 5.56. The van der Waals surface area contributed by atoms with E-state index in [1.54, 1.807) is 0 Å². The third-order valence-corrected chi connectivity index (χ3v) is 2.03. The molecular weight excluding hydrogens is 138 g/mol. The summed E-state index contributed by atoms with van der Waals surface area (Å²) in [4.78, 5) is 0. The van der Waals surface area contributed by atoms with E-state index in [4.69, 9.17) is 10.5 Å². The Morgan fingerprint density at radius 3 is 2.64 bits per heavy atom. The van der Waals surface area contributed by atoms with Crippen LogP contribution < -0.4 is 5.73 Å². The molecule has 11 heavy (non-hydrogen) atoms. The lowest BCUT2D eigenvalue weighted by Gasteiger charge is -2.07. The van der Waals surface area contributed by atoms with Crippen molar-refractivity contribution in [3.8, 4) is 0 Å². The van der Waals surface area contributed by atoms with E-state index < -0.39 is 0 Å². The fourth-order valence-corrected chi connectivity index (χ4v) is 1.41. The van der Waals surface area contributed by atoms with Crippen LogP contribution in [0.5, 0.6) is 0 Å². The smallest absolute Gasteiger partial charge is 0.0651 e. The first-order valence-corrected chi connectivity index (χ1v) is 4.40. The van der Waals surface area contributed by atoms with Crippen molar-refractivity contribution in [2.75, 3.05) is 13.2 Å². The van der Waals surface area contributed by atoms with Gasteiger partial charge in [-0.1, -0.05) is 25.0 Å². The van der Waals surface area contributed by atoms with Crippen LogP contribution in [0.2, 0.25) is 0 Å². The van der Waals surface area contributed by atoms with Gasteiger partial charge in [0.2, 0.25) is 0 Å². The molecule has 0 aromatic carbocycles. The summed E-state index contributed by atoms with van der Waals surface area (Å²) in [5.41, 5.74) is 5.28. The van der Waals surface area contributed by atoms with E-state index >= 15 is 0 Å². The second kappa shape index (κ2) is 5.33. The lowest BCUT2D eigenvalue weighted by atomic mass is 10.3. The Labute approximate surface area is 68.4 Å². The molecule has 0 spiro atoms. The van der Waals surface area contributed by atoms with Crippen LogP contribution in [0, 0.1) is 0 Å². The van der Waals surface area contributed by atoms with Crippen molar-refractivity contribution >= 4 is 0 Å². The fourth-order valence-electron chi connectivity index (χ4n) is 1.41. The molecule has 0 unspecified atom stereocenters. The lowest BCUT2D eigenvalue weighted by Crippen LogP contribution is -2.07. The molecule has 0 amide bonds. The molecule has 1 rings (SSSR count). The van der Waals surface area contributed by atoms with Crippen LogP contribution in [0.25, 0.3) is 0 Å². The topological polar surface area (TPSA) is 35.2 Å². The highest BCUT2D eigenvalue weighted by Crippen LogP contribution is 2.20.